The molecule has 0 aromatic carbocycles. The molecule has 0 saturated heterocycles. The Morgan fingerprint density at radius 3 is 2.24 bits per heavy atom. The van der Waals surface area contributed by atoms with E-state index in [4.69, 9.17) is 5.73 Å². The van der Waals surface area contributed by atoms with Crippen LogP contribution in [0.5, 0.6) is 0 Å². The molecule has 0 aromatic heterocycles. The first-order valence-electron chi connectivity index (χ1n) is 7.68. The molecule has 2 nitrogen and oxygen atoms in total. The van der Waals surface area contributed by atoms with E-state index in [1.54, 1.807) is 0 Å². The molecule has 2 aliphatic carbocycles. The summed E-state index contributed by atoms with van der Waals surface area (Å²) in [6.45, 7) is 8.06. The first-order valence-corrected chi connectivity index (χ1v) is 7.68. The van der Waals surface area contributed by atoms with Gasteiger partial charge in [0.2, 0.25) is 0 Å². The Labute approximate surface area is 107 Å². The van der Waals surface area contributed by atoms with E-state index in [9.17, 15) is 0 Å². The minimum absolute atomic E-state index is 0.660. The Kier molecular flexibility index (Phi) is 4.87. The molecule has 17 heavy (non-hydrogen) atoms. The monoisotopic (exact) mass is 238 g/mol. The predicted octanol–water partition coefficient (Wildman–Crippen LogP) is 2.87. The minimum Gasteiger partial charge on any atom is -0.329 e. The van der Waals surface area contributed by atoms with Crippen LogP contribution in [0.15, 0.2) is 0 Å². The van der Waals surface area contributed by atoms with E-state index in [1.165, 1.54) is 51.6 Å². The molecule has 2 saturated carbocycles. The lowest BCUT2D eigenvalue weighted by Crippen LogP contribution is -2.47. The number of nitrogens with zero attached hydrogens (tertiary/aromatic N) is 1. The van der Waals surface area contributed by atoms with Gasteiger partial charge in [-0.15, -0.1) is 0 Å². The minimum atomic E-state index is 0.660. The van der Waals surface area contributed by atoms with Crippen molar-refractivity contribution in [3.63, 3.8) is 0 Å². The third kappa shape index (κ3) is 3.69. The van der Waals surface area contributed by atoms with Crippen LogP contribution in [0.1, 0.15) is 52.4 Å². The van der Waals surface area contributed by atoms with Crippen LogP contribution in [0.4, 0.5) is 0 Å². The van der Waals surface area contributed by atoms with E-state index >= 15 is 0 Å². The van der Waals surface area contributed by atoms with Gasteiger partial charge in [-0.05, 0) is 50.0 Å². The predicted molar refractivity (Wildman–Crippen MR) is 73.9 cm³/mol. The van der Waals surface area contributed by atoms with Gasteiger partial charge in [0.1, 0.15) is 0 Å². The van der Waals surface area contributed by atoms with Crippen LogP contribution in [0.3, 0.4) is 0 Å². The Balaban J connectivity index is 1.88. The van der Waals surface area contributed by atoms with Gasteiger partial charge in [0.25, 0.3) is 0 Å². The lowest BCUT2D eigenvalue weighted by Gasteiger charge is -2.39. The molecule has 0 spiro atoms. The molecule has 0 aromatic rings. The molecule has 1 unspecified atom stereocenters. The number of rotatable bonds is 6. The van der Waals surface area contributed by atoms with Gasteiger partial charge in [0.15, 0.2) is 0 Å². The Morgan fingerprint density at radius 2 is 1.76 bits per heavy atom. The normalized spacial score (nSPS) is 31.8. The topological polar surface area (TPSA) is 29.3 Å². The summed E-state index contributed by atoms with van der Waals surface area (Å²) in [7, 11) is 0. The van der Waals surface area contributed by atoms with Crippen molar-refractivity contribution in [1.82, 2.24) is 4.90 Å². The Morgan fingerprint density at radius 1 is 1.12 bits per heavy atom. The standard InChI is InChI=1S/C15H30N2/c1-3-17(11-13-6-7-13)15(10-16)14-8-4-12(2)5-9-14/h12-15H,3-11,16H2,1-2H3. The van der Waals surface area contributed by atoms with Crippen LogP contribution in [-0.4, -0.2) is 30.6 Å². The summed E-state index contributed by atoms with van der Waals surface area (Å²) >= 11 is 0. The fourth-order valence-electron chi connectivity index (χ4n) is 3.44. The highest BCUT2D eigenvalue weighted by Crippen LogP contribution is 2.35. The van der Waals surface area contributed by atoms with Crippen LogP contribution in [0.2, 0.25) is 0 Å². The van der Waals surface area contributed by atoms with Gasteiger partial charge in [-0.25, -0.2) is 0 Å². The largest absolute Gasteiger partial charge is 0.329 e. The van der Waals surface area contributed by atoms with Crippen molar-refractivity contribution in [2.45, 2.75) is 58.4 Å². The molecule has 0 aliphatic heterocycles. The molecule has 2 heteroatoms. The maximum atomic E-state index is 6.07. The first-order chi connectivity index (χ1) is 8.24. The van der Waals surface area contributed by atoms with Gasteiger partial charge in [-0.2, -0.15) is 0 Å². The molecular weight excluding hydrogens is 208 g/mol. The Hall–Kier alpha value is -0.0800. The maximum Gasteiger partial charge on any atom is 0.0246 e. The summed E-state index contributed by atoms with van der Waals surface area (Å²) in [5, 5.41) is 0. The van der Waals surface area contributed by atoms with Crippen molar-refractivity contribution in [3.8, 4) is 0 Å². The van der Waals surface area contributed by atoms with Crippen molar-refractivity contribution < 1.29 is 0 Å². The average Bonchev–Trinajstić information content (AvgIpc) is 3.15. The van der Waals surface area contributed by atoms with E-state index in [1.807, 2.05) is 0 Å². The van der Waals surface area contributed by atoms with Gasteiger partial charge in [0.05, 0.1) is 0 Å². The van der Waals surface area contributed by atoms with Crippen molar-refractivity contribution in [1.29, 1.82) is 0 Å². The number of likely N-dealkylation sites (N-methyl/N-ethyl adjacent to an activating group) is 1. The van der Waals surface area contributed by atoms with E-state index in [-0.39, 0.29) is 0 Å². The first kappa shape index (κ1) is 13.4. The fourth-order valence-corrected chi connectivity index (χ4v) is 3.44. The van der Waals surface area contributed by atoms with Crippen LogP contribution in [0.25, 0.3) is 0 Å². The van der Waals surface area contributed by atoms with Crippen LogP contribution in [-0.2, 0) is 0 Å². The average molecular weight is 238 g/mol. The summed E-state index contributed by atoms with van der Waals surface area (Å²) in [6, 6.07) is 0.660. The van der Waals surface area contributed by atoms with Crippen molar-refractivity contribution in [2.75, 3.05) is 19.6 Å². The summed E-state index contributed by atoms with van der Waals surface area (Å²) in [5.41, 5.74) is 6.07. The quantitative estimate of drug-likeness (QED) is 0.771. The van der Waals surface area contributed by atoms with Gasteiger partial charge < -0.3 is 5.73 Å². The number of hydrogen-bond donors (Lipinski definition) is 1. The highest BCUT2D eigenvalue weighted by Gasteiger charge is 2.32. The molecule has 100 valence electrons. The maximum absolute atomic E-state index is 6.07. The SMILES string of the molecule is CCN(CC1CC1)C(CN)C1CCC(C)CC1. The van der Waals surface area contributed by atoms with Crippen molar-refractivity contribution in [3.05, 3.63) is 0 Å². The second-order valence-corrected chi connectivity index (χ2v) is 6.35. The fraction of sp³-hybridized carbons (Fsp3) is 1.00. The zero-order valence-corrected chi connectivity index (χ0v) is 11.7. The summed E-state index contributed by atoms with van der Waals surface area (Å²) in [4.78, 5) is 2.68. The third-order valence-corrected chi connectivity index (χ3v) is 4.91. The lowest BCUT2D eigenvalue weighted by molar-refractivity contribution is 0.112. The molecule has 0 bridgehead atoms. The van der Waals surface area contributed by atoms with Gasteiger partial charge in [-0.1, -0.05) is 26.7 Å². The zero-order valence-electron chi connectivity index (χ0n) is 11.7. The molecule has 0 amide bonds. The highest BCUT2D eigenvalue weighted by atomic mass is 15.2. The number of hydrogen-bond acceptors (Lipinski definition) is 2. The van der Waals surface area contributed by atoms with E-state index < -0.39 is 0 Å². The molecular formula is C15H30N2. The van der Waals surface area contributed by atoms with Gasteiger partial charge >= 0.3 is 0 Å². The second-order valence-electron chi connectivity index (χ2n) is 6.35. The zero-order chi connectivity index (χ0) is 12.3. The van der Waals surface area contributed by atoms with E-state index in [0.29, 0.717) is 6.04 Å². The summed E-state index contributed by atoms with van der Waals surface area (Å²) < 4.78 is 0. The van der Waals surface area contributed by atoms with Crippen molar-refractivity contribution >= 4 is 0 Å². The van der Waals surface area contributed by atoms with Crippen LogP contribution in [0, 0.1) is 17.8 Å². The van der Waals surface area contributed by atoms with Gasteiger partial charge in [0, 0.05) is 19.1 Å². The highest BCUT2D eigenvalue weighted by molar-refractivity contribution is 4.86. The summed E-state index contributed by atoms with van der Waals surface area (Å²) in [6.07, 6.45) is 8.56. The third-order valence-electron chi connectivity index (χ3n) is 4.91. The van der Waals surface area contributed by atoms with Gasteiger partial charge in [-0.3, -0.25) is 4.90 Å². The molecule has 1 atom stereocenters. The molecule has 2 rings (SSSR count). The summed E-state index contributed by atoms with van der Waals surface area (Å²) in [5.74, 6) is 2.81. The molecule has 0 heterocycles. The lowest BCUT2D eigenvalue weighted by atomic mass is 9.78. The van der Waals surface area contributed by atoms with E-state index in [0.717, 1.165) is 24.3 Å². The van der Waals surface area contributed by atoms with Crippen LogP contribution >= 0.6 is 0 Å². The molecule has 2 N–H and O–H groups in total. The second kappa shape index (κ2) is 6.19. The van der Waals surface area contributed by atoms with E-state index in [2.05, 4.69) is 18.7 Å². The van der Waals surface area contributed by atoms with Crippen molar-refractivity contribution in [2.24, 2.45) is 23.5 Å². The molecule has 2 aliphatic rings. The van der Waals surface area contributed by atoms with Crippen LogP contribution < -0.4 is 5.73 Å². The number of nitrogens with two attached hydrogens (primary N) is 1. The molecule has 0 radical (unpaired) electrons. The Bertz CT molecular complexity index is 217. The smallest absolute Gasteiger partial charge is 0.0246 e. The molecule has 2 fully saturated rings.